The van der Waals surface area contributed by atoms with Crippen LogP contribution in [0.5, 0.6) is 0 Å². The van der Waals surface area contributed by atoms with E-state index in [1.54, 1.807) is 6.07 Å². The third kappa shape index (κ3) is 1.80. The van der Waals surface area contributed by atoms with Crippen molar-refractivity contribution in [3.8, 4) is 0 Å². The normalized spacial score (nSPS) is 21.1. The van der Waals surface area contributed by atoms with Crippen molar-refractivity contribution in [2.24, 2.45) is 0 Å². The zero-order chi connectivity index (χ0) is 10.1. The van der Waals surface area contributed by atoms with Crippen LogP contribution in [0.1, 0.15) is 18.4 Å². The second-order valence-corrected chi connectivity index (χ2v) is 3.94. The highest BCUT2D eigenvalue weighted by molar-refractivity contribution is 6.22. The largest absolute Gasteiger partial charge is 0.204 e. The van der Waals surface area contributed by atoms with Crippen molar-refractivity contribution in [2.45, 2.75) is 18.2 Å². The lowest BCUT2D eigenvalue weighted by molar-refractivity contribution is 0.508. The molecule has 0 saturated heterocycles. The maximum Gasteiger partial charge on any atom is 0.159 e. The SMILES string of the molecule is Fc1ccc(C2=CC(Cl)CC2)cc1F. The molecule has 0 fully saturated rings. The molecule has 0 amide bonds. The maximum atomic E-state index is 12.9. The van der Waals surface area contributed by atoms with E-state index in [2.05, 4.69) is 0 Å². The van der Waals surface area contributed by atoms with Crippen molar-refractivity contribution < 1.29 is 8.78 Å². The number of halogens is 3. The second kappa shape index (κ2) is 3.70. The lowest BCUT2D eigenvalue weighted by Crippen LogP contribution is -1.87. The monoisotopic (exact) mass is 214 g/mol. The molecule has 0 heterocycles. The molecule has 1 aromatic carbocycles. The molecule has 1 aliphatic carbocycles. The smallest absolute Gasteiger partial charge is 0.159 e. The Kier molecular flexibility index (Phi) is 2.55. The van der Waals surface area contributed by atoms with Crippen LogP contribution < -0.4 is 0 Å². The summed E-state index contributed by atoms with van der Waals surface area (Å²) in [5.41, 5.74) is 1.73. The first-order valence-electron chi connectivity index (χ1n) is 4.47. The number of benzene rings is 1. The Morgan fingerprint density at radius 1 is 1.21 bits per heavy atom. The van der Waals surface area contributed by atoms with E-state index in [-0.39, 0.29) is 5.38 Å². The molecule has 1 unspecified atom stereocenters. The average molecular weight is 215 g/mol. The Labute approximate surface area is 86.2 Å². The topological polar surface area (TPSA) is 0 Å². The van der Waals surface area contributed by atoms with Crippen LogP contribution in [-0.4, -0.2) is 5.38 Å². The van der Waals surface area contributed by atoms with Crippen LogP contribution in [0.2, 0.25) is 0 Å². The van der Waals surface area contributed by atoms with Crippen LogP contribution in [0.3, 0.4) is 0 Å². The molecule has 14 heavy (non-hydrogen) atoms. The maximum absolute atomic E-state index is 12.9. The summed E-state index contributed by atoms with van der Waals surface area (Å²) in [6.45, 7) is 0. The van der Waals surface area contributed by atoms with Gasteiger partial charge in [0.15, 0.2) is 11.6 Å². The molecule has 1 atom stereocenters. The highest BCUT2D eigenvalue weighted by Crippen LogP contribution is 2.30. The van der Waals surface area contributed by atoms with Gasteiger partial charge in [-0.3, -0.25) is 0 Å². The molecule has 2 rings (SSSR count). The van der Waals surface area contributed by atoms with Gasteiger partial charge in [-0.15, -0.1) is 11.6 Å². The summed E-state index contributed by atoms with van der Waals surface area (Å²) < 4.78 is 25.5. The van der Waals surface area contributed by atoms with Gasteiger partial charge in [0.2, 0.25) is 0 Å². The molecular weight excluding hydrogens is 206 g/mol. The molecule has 0 saturated carbocycles. The number of allylic oxidation sites excluding steroid dienone is 2. The molecule has 0 aromatic heterocycles. The summed E-state index contributed by atoms with van der Waals surface area (Å²) in [5, 5.41) is 0.0260. The first-order valence-corrected chi connectivity index (χ1v) is 4.90. The Balaban J connectivity index is 2.34. The Morgan fingerprint density at radius 3 is 2.57 bits per heavy atom. The van der Waals surface area contributed by atoms with Crippen LogP contribution in [-0.2, 0) is 0 Å². The van der Waals surface area contributed by atoms with Gasteiger partial charge in [-0.25, -0.2) is 8.78 Å². The third-order valence-corrected chi connectivity index (χ3v) is 2.71. The predicted octanol–water partition coefficient (Wildman–Crippen LogP) is 3.75. The highest BCUT2D eigenvalue weighted by Gasteiger charge is 2.15. The van der Waals surface area contributed by atoms with Crippen molar-refractivity contribution in [3.05, 3.63) is 41.5 Å². The summed E-state index contributed by atoms with van der Waals surface area (Å²) >= 11 is 5.88. The van der Waals surface area contributed by atoms with Gasteiger partial charge in [-0.2, -0.15) is 0 Å². The third-order valence-electron chi connectivity index (χ3n) is 2.36. The van der Waals surface area contributed by atoms with Gasteiger partial charge in [0.25, 0.3) is 0 Å². The van der Waals surface area contributed by atoms with Gasteiger partial charge in [0.1, 0.15) is 0 Å². The first kappa shape index (κ1) is 9.66. The standard InChI is InChI=1S/C11H9ClF2/c12-9-3-1-7(5-9)8-2-4-10(13)11(14)6-8/h2,4-6,9H,1,3H2. The fourth-order valence-electron chi connectivity index (χ4n) is 1.61. The van der Waals surface area contributed by atoms with E-state index in [9.17, 15) is 8.78 Å². The Hall–Kier alpha value is -0.890. The Morgan fingerprint density at radius 2 is 2.00 bits per heavy atom. The highest BCUT2D eigenvalue weighted by atomic mass is 35.5. The fraction of sp³-hybridized carbons (Fsp3) is 0.273. The van der Waals surface area contributed by atoms with Crippen LogP contribution in [0.4, 0.5) is 8.78 Å². The van der Waals surface area contributed by atoms with Gasteiger partial charge >= 0.3 is 0 Å². The van der Waals surface area contributed by atoms with Crippen molar-refractivity contribution in [1.82, 2.24) is 0 Å². The van der Waals surface area contributed by atoms with E-state index in [0.717, 1.165) is 30.0 Å². The zero-order valence-electron chi connectivity index (χ0n) is 7.43. The predicted molar refractivity (Wildman–Crippen MR) is 53.2 cm³/mol. The van der Waals surface area contributed by atoms with Gasteiger partial charge in [-0.05, 0) is 36.1 Å². The molecule has 0 spiro atoms. The lowest BCUT2D eigenvalue weighted by atomic mass is 10.1. The molecule has 0 N–H and O–H groups in total. The number of alkyl halides is 1. The van der Waals surface area contributed by atoms with Crippen LogP contribution in [0.15, 0.2) is 24.3 Å². The van der Waals surface area contributed by atoms with Crippen molar-refractivity contribution in [2.75, 3.05) is 0 Å². The molecule has 0 radical (unpaired) electrons. The van der Waals surface area contributed by atoms with Gasteiger partial charge < -0.3 is 0 Å². The minimum atomic E-state index is -0.810. The average Bonchev–Trinajstić information content (AvgIpc) is 2.57. The van der Waals surface area contributed by atoms with E-state index in [1.807, 2.05) is 6.08 Å². The van der Waals surface area contributed by atoms with Gasteiger partial charge in [0, 0.05) is 0 Å². The van der Waals surface area contributed by atoms with Crippen molar-refractivity contribution in [1.29, 1.82) is 0 Å². The lowest BCUT2D eigenvalue weighted by Gasteiger charge is -2.01. The minimum absolute atomic E-state index is 0.0260. The molecule has 0 aliphatic heterocycles. The van der Waals surface area contributed by atoms with Gasteiger partial charge in [-0.1, -0.05) is 12.1 Å². The summed E-state index contributed by atoms with van der Waals surface area (Å²) in [6.07, 6.45) is 3.60. The fourth-order valence-corrected chi connectivity index (χ4v) is 1.88. The number of hydrogen-bond acceptors (Lipinski definition) is 0. The number of hydrogen-bond donors (Lipinski definition) is 0. The summed E-state index contributed by atoms with van der Waals surface area (Å²) in [4.78, 5) is 0. The van der Waals surface area contributed by atoms with E-state index in [0.29, 0.717) is 0 Å². The van der Waals surface area contributed by atoms with E-state index in [4.69, 9.17) is 11.6 Å². The molecule has 1 aromatic rings. The molecule has 0 bridgehead atoms. The molecule has 3 heteroatoms. The first-order chi connectivity index (χ1) is 6.66. The summed E-state index contributed by atoms with van der Waals surface area (Å²) in [5.74, 6) is -1.61. The van der Waals surface area contributed by atoms with Crippen LogP contribution in [0, 0.1) is 11.6 Å². The summed E-state index contributed by atoms with van der Waals surface area (Å²) in [6, 6.07) is 3.95. The van der Waals surface area contributed by atoms with Gasteiger partial charge in [0.05, 0.1) is 5.38 Å². The Bertz CT molecular complexity index is 385. The van der Waals surface area contributed by atoms with E-state index in [1.165, 1.54) is 6.07 Å². The quantitative estimate of drug-likeness (QED) is 0.625. The second-order valence-electron chi connectivity index (χ2n) is 3.38. The van der Waals surface area contributed by atoms with E-state index >= 15 is 0 Å². The molecule has 0 nitrogen and oxygen atoms in total. The van der Waals surface area contributed by atoms with Crippen molar-refractivity contribution in [3.63, 3.8) is 0 Å². The van der Waals surface area contributed by atoms with Crippen LogP contribution >= 0.6 is 11.6 Å². The molecule has 74 valence electrons. The summed E-state index contributed by atoms with van der Waals surface area (Å²) in [7, 11) is 0. The van der Waals surface area contributed by atoms with Crippen molar-refractivity contribution >= 4 is 17.2 Å². The van der Waals surface area contributed by atoms with E-state index < -0.39 is 11.6 Å². The molecule has 1 aliphatic rings. The number of rotatable bonds is 1. The molecular formula is C11H9ClF2. The van der Waals surface area contributed by atoms with Crippen LogP contribution in [0.25, 0.3) is 5.57 Å². The minimum Gasteiger partial charge on any atom is -0.204 e. The zero-order valence-corrected chi connectivity index (χ0v) is 8.19.